The number of aryl methyl sites for hydroxylation is 1. The van der Waals surface area contributed by atoms with Crippen LogP contribution in [0.1, 0.15) is 27.9 Å². The summed E-state index contributed by atoms with van der Waals surface area (Å²) < 4.78 is 0. The molecule has 112 valence electrons. The molecule has 21 heavy (non-hydrogen) atoms. The van der Waals surface area contributed by atoms with Gasteiger partial charge < -0.3 is 15.1 Å². The lowest BCUT2D eigenvalue weighted by Crippen LogP contribution is -2.52. The number of hydrogen-bond donors (Lipinski definition) is 1. The first kappa shape index (κ1) is 13.9. The van der Waals surface area contributed by atoms with Crippen molar-refractivity contribution in [3.8, 4) is 0 Å². The van der Waals surface area contributed by atoms with Gasteiger partial charge in [0.15, 0.2) is 0 Å². The fourth-order valence-corrected chi connectivity index (χ4v) is 3.29. The number of nitrogens with zero attached hydrogens (tertiary/aromatic N) is 2. The summed E-state index contributed by atoms with van der Waals surface area (Å²) in [5.74, 6) is 0.0680. The SMILES string of the molecule is Cc1cccc(C(=O)N2CC[C@H]3[C@@H](C2)NC(=O)N3C)c1C. The van der Waals surface area contributed by atoms with E-state index in [-0.39, 0.29) is 24.0 Å². The Morgan fingerprint density at radius 3 is 2.86 bits per heavy atom. The van der Waals surface area contributed by atoms with Crippen molar-refractivity contribution in [3.63, 3.8) is 0 Å². The van der Waals surface area contributed by atoms with Gasteiger partial charge in [0.05, 0.1) is 12.1 Å². The van der Waals surface area contributed by atoms with Crippen LogP contribution in [0.2, 0.25) is 0 Å². The molecule has 0 spiro atoms. The highest BCUT2D eigenvalue weighted by Crippen LogP contribution is 2.23. The zero-order valence-electron chi connectivity index (χ0n) is 12.7. The Hall–Kier alpha value is -2.04. The first-order chi connectivity index (χ1) is 9.99. The summed E-state index contributed by atoms with van der Waals surface area (Å²) >= 11 is 0. The van der Waals surface area contributed by atoms with E-state index in [0.717, 1.165) is 23.1 Å². The van der Waals surface area contributed by atoms with E-state index in [1.54, 1.807) is 4.90 Å². The second-order valence-corrected chi connectivity index (χ2v) is 6.02. The van der Waals surface area contributed by atoms with Gasteiger partial charge in [-0.25, -0.2) is 4.79 Å². The van der Waals surface area contributed by atoms with Crippen LogP contribution in [0.4, 0.5) is 4.79 Å². The minimum atomic E-state index is -0.0361. The van der Waals surface area contributed by atoms with E-state index in [2.05, 4.69) is 5.32 Å². The molecule has 2 heterocycles. The van der Waals surface area contributed by atoms with E-state index in [0.29, 0.717) is 13.1 Å². The lowest BCUT2D eigenvalue weighted by Gasteiger charge is -2.36. The topological polar surface area (TPSA) is 52.7 Å². The first-order valence-electron chi connectivity index (χ1n) is 7.38. The molecule has 3 amide bonds. The number of carbonyl (C=O) groups is 2. The highest BCUT2D eigenvalue weighted by atomic mass is 16.2. The van der Waals surface area contributed by atoms with E-state index in [9.17, 15) is 9.59 Å². The van der Waals surface area contributed by atoms with Crippen molar-refractivity contribution in [1.29, 1.82) is 0 Å². The Morgan fingerprint density at radius 1 is 1.33 bits per heavy atom. The van der Waals surface area contributed by atoms with Gasteiger partial charge in [0, 0.05) is 25.7 Å². The largest absolute Gasteiger partial charge is 0.336 e. The number of likely N-dealkylation sites (tertiary alicyclic amines) is 1. The van der Waals surface area contributed by atoms with Crippen molar-refractivity contribution < 1.29 is 9.59 Å². The molecule has 0 radical (unpaired) electrons. The summed E-state index contributed by atoms with van der Waals surface area (Å²) in [6, 6.07) is 6.05. The molecule has 2 aliphatic rings. The fourth-order valence-electron chi connectivity index (χ4n) is 3.29. The summed E-state index contributed by atoms with van der Waals surface area (Å²) in [7, 11) is 1.82. The lowest BCUT2D eigenvalue weighted by atomic mass is 9.97. The number of urea groups is 1. The molecular formula is C16H21N3O2. The van der Waals surface area contributed by atoms with Gasteiger partial charge in [-0.1, -0.05) is 12.1 Å². The number of rotatable bonds is 1. The van der Waals surface area contributed by atoms with Gasteiger partial charge >= 0.3 is 6.03 Å². The number of nitrogens with one attached hydrogen (secondary N) is 1. The second-order valence-electron chi connectivity index (χ2n) is 6.02. The maximum absolute atomic E-state index is 12.7. The van der Waals surface area contributed by atoms with Gasteiger partial charge in [-0.2, -0.15) is 0 Å². The molecule has 3 rings (SSSR count). The molecule has 0 bridgehead atoms. The van der Waals surface area contributed by atoms with Crippen LogP contribution in [0.5, 0.6) is 0 Å². The normalized spacial score (nSPS) is 24.8. The van der Waals surface area contributed by atoms with Gasteiger partial charge in [0.25, 0.3) is 5.91 Å². The Bertz CT molecular complexity index is 599. The monoisotopic (exact) mass is 287 g/mol. The van der Waals surface area contributed by atoms with Crippen molar-refractivity contribution in [3.05, 3.63) is 34.9 Å². The van der Waals surface area contributed by atoms with Crippen molar-refractivity contribution in [1.82, 2.24) is 15.1 Å². The standard InChI is InChI=1S/C16H21N3O2/c1-10-5-4-6-12(11(10)2)15(20)19-8-7-14-13(9-19)17-16(21)18(14)3/h4-6,13-14H,7-9H2,1-3H3,(H,17,21)/t13-,14+/m1/s1. The van der Waals surface area contributed by atoms with Crippen LogP contribution >= 0.6 is 0 Å². The molecule has 1 aromatic rings. The molecule has 0 unspecified atom stereocenters. The zero-order chi connectivity index (χ0) is 15.1. The van der Waals surface area contributed by atoms with Gasteiger partial charge in [-0.05, 0) is 37.5 Å². The molecule has 0 aromatic heterocycles. The Morgan fingerprint density at radius 2 is 2.10 bits per heavy atom. The Kier molecular flexibility index (Phi) is 3.35. The van der Waals surface area contributed by atoms with Gasteiger partial charge in [-0.15, -0.1) is 0 Å². The number of fused-ring (bicyclic) bond motifs is 1. The molecule has 0 saturated carbocycles. The Labute approximate surface area is 124 Å². The summed E-state index contributed by atoms with van der Waals surface area (Å²) in [6.45, 7) is 5.30. The van der Waals surface area contributed by atoms with E-state index in [1.807, 2.05) is 44.0 Å². The second kappa shape index (κ2) is 5.06. The van der Waals surface area contributed by atoms with Crippen molar-refractivity contribution in [2.75, 3.05) is 20.1 Å². The van der Waals surface area contributed by atoms with E-state index >= 15 is 0 Å². The molecule has 2 saturated heterocycles. The molecule has 5 heteroatoms. The zero-order valence-corrected chi connectivity index (χ0v) is 12.7. The molecule has 2 fully saturated rings. The van der Waals surface area contributed by atoms with Crippen LogP contribution in [-0.2, 0) is 0 Å². The first-order valence-corrected chi connectivity index (χ1v) is 7.38. The number of benzene rings is 1. The van der Waals surface area contributed by atoms with Crippen LogP contribution in [0.25, 0.3) is 0 Å². The lowest BCUT2D eigenvalue weighted by molar-refractivity contribution is 0.0665. The van der Waals surface area contributed by atoms with Crippen LogP contribution in [-0.4, -0.2) is 54.0 Å². The highest BCUT2D eigenvalue weighted by Gasteiger charge is 2.41. The average Bonchev–Trinajstić information content (AvgIpc) is 2.76. The number of carbonyl (C=O) groups excluding carboxylic acids is 2. The average molecular weight is 287 g/mol. The molecule has 5 nitrogen and oxygen atoms in total. The maximum atomic E-state index is 12.7. The smallest absolute Gasteiger partial charge is 0.317 e. The number of piperidine rings is 1. The fraction of sp³-hybridized carbons (Fsp3) is 0.500. The number of likely N-dealkylation sites (N-methyl/N-ethyl adjacent to an activating group) is 1. The molecule has 1 aromatic carbocycles. The summed E-state index contributed by atoms with van der Waals surface area (Å²) in [5, 5.41) is 2.96. The highest BCUT2D eigenvalue weighted by molar-refractivity contribution is 5.96. The molecular weight excluding hydrogens is 266 g/mol. The molecule has 2 atom stereocenters. The molecule has 0 aliphatic carbocycles. The summed E-state index contributed by atoms with van der Waals surface area (Å²) in [4.78, 5) is 28.0. The van der Waals surface area contributed by atoms with E-state index in [4.69, 9.17) is 0 Å². The minimum Gasteiger partial charge on any atom is -0.336 e. The third-order valence-corrected chi connectivity index (χ3v) is 4.83. The molecule has 1 N–H and O–H groups in total. The molecule has 2 aliphatic heterocycles. The van der Waals surface area contributed by atoms with Crippen LogP contribution in [0, 0.1) is 13.8 Å². The quantitative estimate of drug-likeness (QED) is 0.852. The van der Waals surface area contributed by atoms with Crippen LogP contribution in [0.3, 0.4) is 0 Å². The van der Waals surface area contributed by atoms with Gasteiger partial charge in [0.2, 0.25) is 0 Å². The van der Waals surface area contributed by atoms with E-state index < -0.39 is 0 Å². The Balaban J connectivity index is 1.78. The van der Waals surface area contributed by atoms with Gasteiger partial charge in [0.1, 0.15) is 0 Å². The van der Waals surface area contributed by atoms with Crippen LogP contribution < -0.4 is 5.32 Å². The van der Waals surface area contributed by atoms with Crippen molar-refractivity contribution >= 4 is 11.9 Å². The maximum Gasteiger partial charge on any atom is 0.317 e. The van der Waals surface area contributed by atoms with Crippen molar-refractivity contribution in [2.24, 2.45) is 0 Å². The van der Waals surface area contributed by atoms with Gasteiger partial charge in [-0.3, -0.25) is 4.79 Å². The minimum absolute atomic E-state index is 0.0361. The third kappa shape index (κ3) is 2.26. The predicted molar refractivity (Wildman–Crippen MR) is 80.3 cm³/mol. The predicted octanol–water partition coefficient (Wildman–Crippen LogP) is 1.54. The summed E-state index contributed by atoms with van der Waals surface area (Å²) in [5.41, 5.74) is 2.94. The number of hydrogen-bond acceptors (Lipinski definition) is 2. The van der Waals surface area contributed by atoms with Crippen LogP contribution in [0.15, 0.2) is 18.2 Å². The summed E-state index contributed by atoms with van der Waals surface area (Å²) in [6.07, 6.45) is 0.830. The van der Waals surface area contributed by atoms with Crippen molar-refractivity contribution in [2.45, 2.75) is 32.4 Å². The third-order valence-electron chi connectivity index (χ3n) is 4.83. The van der Waals surface area contributed by atoms with E-state index in [1.165, 1.54) is 0 Å². The number of amides is 3.